The smallest absolute Gasteiger partial charge is 0.128 e. The third kappa shape index (κ3) is 4.09. The first-order valence-electron chi connectivity index (χ1n) is 11.7. The minimum absolute atomic E-state index is 0.652. The average Bonchev–Trinajstić information content (AvgIpc) is 3.23. The standard InChI is InChI=1S/C26H32ClN3/c27-23-11-12-24-22(19-23)9-4-6-16-30(24)26(20-7-1-2-8-20)21-13-17-29(18-14-21)25-10-3-5-15-28-25/h3,5,10-12,15,19,21H,1-2,4,6-9,13-14,16-18H2. The zero-order chi connectivity index (χ0) is 20.3. The fourth-order valence-electron chi connectivity index (χ4n) is 5.65. The zero-order valence-electron chi connectivity index (χ0n) is 17.8. The summed E-state index contributed by atoms with van der Waals surface area (Å²) in [7, 11) is 0. The lowest BCUT2D eigenvalue weighted by Crippen LogP contribution is -2.39. The highest BCUT2D eigenvalue weighted by Gasteiger charge is 2.31. The molecule has 4 heteroatoms. The first-order chi connectivity index (χ1) is 14.8. The highest BCUT2D eigenvalue weighted by molar-refractivity contribution is 6.30. The molecule has 2 aromatic rings. The Labute approximate surface area is 185 Å². The van der Waals surface area contributed by atoms with Gasteiger partial charge < -0.3 is 9.80 Å². The van der Waals surface area contributed by atoms with E-state index >= 15 is 0 Å². The van der Waals surface area contributed by atoms with Gasteiger partial charge in [0.1, 0.15) is 5.82 Å². The molecule has 1 aromatic carbocycles. The van der Waals surface area contributed by atoms with Crippen molar-refractivity contribution in [2.75, 3.05) is 29.4 Å². The number of pyridine rings is 1. The molecule has 0 bridgehead atoms. The molecule has 2 aliphatic heterocycles. The van der Waals surface area contributed by atoms with Gasteiger partial charge in [-0.25, -0.2) is 4.98 Å². The van der Waals surface area contributed by atoms with E-state index in [4.69, 9.17) is 11.6 Å². The minimum atomic E-state index is 0.652. The summed E-state index contributed by atoms with van der Waals surface area (Å²) in [5.41, 5.74) is 6.24. The molecule has 2 fully saturated rings. The van der Waals surface area contributed by atoms with Crippen molar-refractivity contribution >= 4 is 23.1 Å². The predicted molar refractivity (Wildman–Crippen MR) is 126 cm³/mol. The van der Waals surface area contributed by atoms with Gasteiger partial charge in [-0.05, 0) is 93.7 Å². The number of halogens is 1. The van der Waals surface area contributed by atoms with Crippen molar-refractivity contribution < 1.29 is 0 Å². The van der Waals surface area contributed by atoms with Crippen LogP contribution in [0.3, 0.4) is 0 Å². The number of benzene rings is 1. The third-order valence-electron chi connectivity index (χ3n) is 7.13. The van der Waals surface area contributed by atoms with Crippen molar-refractivity contribution in [3.63, 3.8) is 0 Å². The molecule has 0 atom stereocenters. The Morgan fingerprint density at radius 1 is 0.900 bits per heavy atom. The first kappa shape index (κ1) is 19.9. The second-order valence-electron chi connectivity index (χ2n) is 9.03. The van der Waals surface area contributed by atoms with Gasteiger partial charge in [-0.1, -0.05) is 23.2 Å². The number of hydrogen-bond acceptors (Lipinski definition) is 3. The van der Waals surface area contributed by atoms with Gasteiger partial charge >= 0.3 is 0 Å². The molecule has 3 heterocycles. The second-order valence-corrected chi connectivity index (χ2v) is 9.46. The Morgan fingerprint density at radius 2 is 1.70 bits per heavy atom. The van der Waals surface area contributed by atoms with E-state index < -0.39 is 0 Å². The predicted octanol–water partition coefficient (Wildman–Crippen LogP) is 6.62. The molecule has 0 N–H and O–H groups in total. The number of aryl methyl sites for hydroxylation is 1. The summed E-state index contributed by atoms with van der Waals surface area (Å²) in [4.78, 5) is 9.75. The van der Waals surface area contributed by atoms with E-state index in [0.717, 1.165) is 36.9 Å². The van der Waals surface area contributed by atoms with E-state index in [1.54, 1.807) is 11.3 Å². The van der Waals surface area contributed by atoms with Crippen LogP contribution < -0.4 is 9.80 Å². The molecule has 1 saturated carbocycles. The highest BCUT2D eigenvalue weighted by Crippen LogP contribution is 2.41. The Kier molecular flexibility index (Phi) is 5.99. The summed E-state index contributed by atoms with van der Waals surface area (Å²) >= 11 is 6.37. The number of aromatic nitrogens is 1. The van der Waals surface area contributed by atoms with Gasteiger partial charge in [0, 0.05) is 48.2 Å². The van der Waals surface area contributed by atoms with Crippen LogP contribution in [-0.2, 0) is 6.42 Å². The molecule has 0 amide bonds. The molecule has 1 aliphatic carbocycles. The number of nitrogens with zero attached hydrogens (tertiary/aromatic N) is 3. The van der Waals surface area contributed by atoms with Crippen LogP contribution in [0, 0.1) is 5.92 Å². The third-order valence-corrected chi connectivity index (χ3v) is 7.36. The maximum Gasteiger partial charge on any atom is 0.128 e. The fraction of sp³-hybridized carbons (Fsp3) is 0.500. The largest absolute Gasteiger partial charge is 0.357 e. The van der Waals surface area contributed by atoms with Gasteiger partial charge in [-0.3, -0.25) is 0 Å². The summed E-state index contributed by atoms with van der Waals surface area (Å²) in [5, 5.41) is 0.870. The van der Waals surface area contributed by atoms with Gasteiger partial charge in [-0.15, -0.1) is 0 Å². The maximum atomic E-state index is 6.37. The van der Waals surface area contributed by atoms with Crippen molar-refractivity contribution in [2.45, 2.75) is 57.8 Å². The van der Waals surface area contributed by atoms with Crippen LogP contribution in [0.2, 0.25) is 5.02 Å². The maximum absolute atomic E-state index is 6.37. The Morgan fingerprint density at radius 3 is 2.47 bits per heavy atom. The highest BCUT2D eigenvalue weighted by atomic mass is 35.5. The van der Waals surface area contributed by atoms with E-state index in [2.05, 4.69) is 45.1 Å². The summed E-state index contributed by atoms with van der Waals surface area (Å²) < 4.78 is 0. The SMILES string of the molecule is Clc1ccc2c(c1)CCCCN2C(=C1CCCC1)C1CCN(c2ccccn2)CC1. The van der Waals surface area contributed by atoms with Crippen molar-refractivity contribution in [1.82, 2.24) is 4.98 Å². The molecule has 30 heavy (non-hydrogen) atoms. The van der Waals surface area contributed by atoms with Crippen molar-refractivity contribution in [1.29, 1.82) is 0 Å². The van der Waals surface area contributed by atoms with Crippen molar-refractivity contribution in [2.24, 2.45) is 5.92 Å². The van der Waals surface area contributed by atoms with Crippen LogP contribution in [-0.4, -0.2) is 24.6 Å². The summed E-state index contributed by atoms with van der Waals surface area (Å²) in [6.07, 6.45) is 13.3. The van der Waals surface area contributed by atoms with Crippen LogP contribution in [0.15, 0.2) is 53.9 Å². The molecule has 0 spiro atoms. The molecule has 158 valence electrons. The van der Waals surface area contributed by atoms with E-state index in [-0.39, 0.29) is 0 Å². The first-order valence-corrected chi connectivity index (χ1v) is 12.1. The molecule has 0 radical (unpaired) electrons. The number of fused-ring (bicyclic) bond motifs is 1. The average molecular weight is 422 g/mol. The van der Waals surface area contributed by atoms with Crippen LogP contribution in [0.4, 0.5) is 11.5 Å². The fourth-order valence-corrected chi connectivity index (χ4v) is 5.85. The van der Waals surface area contributed by atoms with E-state index in [9.17, 15) is 0 Å². The van der Waals surface area contributed by atoms with E-state index in [1.807, 2.05) is 12.3 Å². The summed E-state index contributed by atoms with van der Waals surface area (Å²) in [5.74, 6) is 1.78. The van der Waals surface area contributed by atoms with Crippen LogP contribution in [0.1, 0.15) is 56.9 Å². The number of anilines is 2. The molecule has 3 nitrogen and oxygen atoms in total. The Hall–Kier alpha value is -2.00. The quantitative estimate of drug-likeness (QED) is 0.554. The van der Waals surface area contributed by atoms with Gasteiger partial charge in [0.25, 0.3) is 0 Å². The monoisotopic (exact) mass is 421 g/mol. The Bertz CT molecular complexity index is 892. The van der Waals surface area contributed by atoms with Crippen molar-refractivity contribution in [3.05, 3.63) is 64.5 Å². The number of hydrogen-bond donors (Lipinski definition) is 0. The number of allylic oxidation sites excluding steroid dienone is 2. The van der Waals surface area contributed by atoms with Crippen LogP contribution >= 0.6 is 11.6 Å². The summed E-state index contributed by atoms with van der Waals surface area (Å²) in [6.45, 7) is 3.34. The lowest BCUT2D eigenvalue weighted by atomic mass is 9.88. The number of piperidine rings is 1. The number of rotatable bonds is 3. The van der Waals surface area contributed by atoms with Gasteiger partial charge in [0.05, 0.1) is 0 Å². The van der Waals surface area contributed by atoms with Crippen molar-refractivity contribution in [3.8, 4) is 0 Å². The van der Waals surface area contributed by atoms with Gasteiger partial charge in [-0.2, -0.15) is 0 Å². The minimum Gasteiger partial charge on any atom is -0.357 e. The molecule has 0 unspecified atom stereocenters. The molecule has 1 aromatic heterocycles. The van der Waals surface area contributed by atoms with Crippen LogP contribution in [0.5, 0.6) is 0 Å². The normalized spacial score (nSPS) is 20.2. The van der Waals surface area contributed by atoms with E-state index in [0.29, 0.717) is 5.92 Å². The topological polar surface area (TPSA) is 19.4 Å². The zero-order valence-corrected chi connectivity index (χ0v) is 18.6. The molecular weight excluding hydrogens is 390 g/mol. The van der Waals surface area contributed by atoms with Gasteiger partial charge in [0.15, 0.2) is 0 Å². The molecular formula is C26H32ClN3. The van der Waals surface area contributed by atoms with Crippen LogP contribution in [0.25, 0.3) is 0 Å². The molecule has 5 rings (SSSR count). The second kappa shape index (κ2) is 9.01. The lowest BCUT2D eigenvalue weighted by molar-refractivity contribution is 0.441. The lowest BCUT2D eigenvalue weighted by Gasteiger charge is -2.39. The van der Waals surface area contributed by atoms with E-state index in [1.165, 1.54) is 62.6 Å². The van der Waals surface area contributed by atoms with Gasteiger partial charge in [0.2, 0.25) is 0 Å². The Balaban J connectivity index is 1.44. The molecule has 1 saturated heterocycles. The summed E-state index contributed by atoms with van der Waals surface area (Å²) in [6, 6.07) is 12.8. The molecule has 3 aliphatic rings.